The van der Waals surface area contributed by atoms with Crippen LogP contribution in [-0.2, 0) is 4.79 Å². The maximum absolute atomic E-state index is 12.4. The molecule has 2 bridgehead atoms. The van der Waals surface area contributed by atoms with Gasteiger partial charge in [-0.2, -0.15) is 0 Å². The number of rotatable bonds is 4. The lowest BCUT2D eigenvalue weighted by Gasteiger charge is -2.29. The molecule has 0 saturated carbocycles. The van der Waals surface area contributed by atoms with Gasteiger partial charge in [-0.25, -0.2) is 0 Å². The van der Waals surface area contributed by atoms with Crippen molar-refractivity contribution in [3.63, 3.8) is 0 Å². The number of carbonyl (C=O) groups is 1. The van der Waals surface area contributed by atoms with Crippen LogP contribution in [0.2, 0.25) is 0 Å². The summed E-state index contributed by atoms with van der Waals surface area (Å²) in [6.07, 6.45) is 6.75. The van der Waals surface area contributed by atoms with E-state index in [1.54, 1.807) is 0 Å². The van der Waals surface area contributed by atoms with E-state index in [2.05, 4.69) is 39.8 Å². The molecular weight excluding hydrogens is 286 g/mol. The number of benzene rings is 1. The first kappa shape index (κ1) is 15.0. The number of nitrogens with zero attached hydrogens (tertiary/aromatic N) is 1. The van der Waals surface area contributed by atoms with Crippen LogP contribution in [-0.4, -0.2) is 37.1 Å². The summed E-state index contributed by atoms with van der Waals surface area (Å²) in [4.78, 5) is 14.8. The predicted molar refractivity (Wildman–Crippen MR) is 92.5 cm³/mol. The predicted octanol–water partition coefficient (Wildman–Crippen LogP) is 2.30. The van der Waals surface area contributed by atoms with Crippen LogP contribution in [0.3, 0.4) is 0 Å². The number of amides is 1. The van der Waals surface area contributed by atoms with Crippen molar-refractivity contribution >= 4 is 11.6 Å². The summed E-state index contributed by atoms with van der Waals surface area (Å²) in [7, 11) is 0. The Morgan fingerprint density at radius 2 is 1.87 bits per heavy atom. The molecule has 4 heteroatoms. The Labute approximate surface area is 138 Å². The van der Waals surface area contributed by atoms with Gasteiger partial charge in [0.15, 0.2) is 0 Å². The molecule has 0 aliphatic carbocycles. The maximum atomic E-state index is 12.4. The number of nitrogens with one attached hydrogen (secondary N) is 2. The van der Waals surface area contributed by atoms with E-state index in [9.17, 15) is 4.79 Å². The van der Waals surface area contributed by atoms with Crippen molar-refractivity contribution in [3.05, 3.63) is 30.3 Å². The number of carbonyl (C=O) groups excluding carboxylic acids is 1. The van der Waals surface area contributed by atoms with Crippen molar-refractivity contribution in [1.82, 2.24) is 10.6 Å². The topological polar surface area (TPSA) is 44.4 Å². The third kappa shape index (κ3) is 3.52. The van der Waals surface area contributed by atoms with Crippen LogP contribution in [0, 0.1) is 5.92 Å². The highest BCUT2D eigenvalue weighted by Crippen LogP contribution is 2.32. The molecule has 3 saturated heterocycles. The molecule has 0 spiro atoms. The lowest BCUT2D eigenvalue weighted by molar-refractivity contribution is -0.122. The molecule has 4 rings (SSSR count). The quantitative estimate of drug-likeness (QED) is 0.896. The Morgan fingerprint density at radius 3 is 2.61 bits per heavy atom. The van der Waals surface area contributed by atoms with E-state index in [1.807, 2.05) is 6.07 Å². The molecule has 1 aromatic rings. The second kappa shape index (κ2) is 6.52. The number of hydrogen-bond acceptors (Lipinski definition) is 3. The molecule has 1 aromatic carbocycles. The Balaban J connectivity index is 1.25. The Kier molecular flexibility index (Phi) is 4.25. The van der Waals surface area contributed by atoms with Crippen molar-refractivity contribution in [2.75, 3.05) is 18.0 Å². The second-order valence-corrected chi connectivity index (χ2v) is 7.51. The average molecular weight is 313 g/mol. The van der Waals surface area contributed by atoms with Gasteiger partial charge in [0.2, 0.25) is 5.91 Å². The van der Waals surface area contributed by atoms with E-state index in [0.29, 0.717) is 24.0 Å². The zero-order valence-electron chi connectivity index (χ0n) is 13.7. The van der Waals surface area contributed by atoms with Gasteiger partial charge in [-0.05, 0) is 50.2 Å². The van der Waals surface area contributed by atoms with Crippen molar-refractivity contribution < 1.29 is 4.79 Å². The Hall–Kier alpha value is -1.55. The van der Waals surface area contributed by atoms with Crippen molar-refractivity contribution in [2.45, 2.75) is 56.7 Å². The molecule has 3 fully saturated rings. The second-order valence-electron chi connectivity index (χ2n) is 7.51. The minimum atomic E-state index is 0.260. The molecular formula is C19H27N3O. The summed E-state index contributed by atoms with van der Waals surface area (Å²) < 4.78 is 0. The molecule has 3 aliphatic heterocycles. The Morgan fingerprint density at radius 1 is 1.13 bits per heavy atom. The van der Waals surface area contributed by atoms with E-state index >= 15 is 0 Å². The Bertz CT molecular complexity index is 535. The largest absolute Gasteiger partial charge is 0.369 e. The highest BCUT2D eigenvalue weighted by atomic mass is 16.1. The lowest BCUT2D eigenvalue weighted by atomic mass is 9.89. The molecule has 3 heterocycles. The summed E-state index contributed by atoms with van der Waals surface area (Å²) in [5, 5.41) is 6.93. The van der Waals surface area contributed by atoms with E-state index in [-0.39, 0.29) is 5.91 Å². The SMILES string of the molecule is O=C(CC1CC2CCC(C1)N2)NC1CCN(c2ccccc2)C1. The lowest BCUT2D eigenvalue weighted by Crippen LogP contribution is -2.42. The summed E-state index contributed by atoms with van der Waals surface area (Å²) in [6.45, 7) is 1.97. The molecule has 3 atom stereocenters. The fourth-order valence-electron chi connectivity index (χ4n) is 4.64. The number of piperidine rings is 1. The third-order valence-electron chi connectivity index (χ3n) is 5.72. The van der Waals surface area contributed by atoms with Crippen LogP contribution in [0.15, 0.2) is 30.3 Å². The standard InChI is InChI=1S/C19H27N3O/c23-19(12-14-10-15-6-7-16(11-14)20-15)21-17-8-9-22(13-17)18-4-2-1-3-5-18/h1-5,14-17,20H,6-13H2,(H,21,23). The van der Waals surface area contributed by atoms with Gasteiger partial charge in [0.05, 0.1) is 0 Å². The van der Waals surface area contributed by atoms with E-state index in [4.69, 9.17) is 0 Å². The van der Waals surface area contributed by atoms with Crippen LogP contribution >= 0.6 is 0 Å². The normalized spacial score (nSPS) is 33.0. The molecule has 1 amide bonds. The van der Waals surface area contributed by atoms with Gasteiger partial charge in [-0.3, -0.25) is 4.79 Å². The monoisotopic (exact) mass is 313 g/mol. The smallest absolute Gasteiger partial charge is 0.220 e. The van der Waals surface area contributed by atoms with Crippen LogP contribution in [0.4, 0.5) is 5.69 Å². The maximum Gasteiger partial charge on any atom is 0.220 e. The molecule has 0 aromatic heterocycles. The molecule has 0 radical (unpaired) electrons. The van der Waals surface area contributed by atoms with Crippen LogP contribution in [0.25, 0.3) is 0 Å². The van der Waals surface area contributed by atoms with Gasteiger partial charge >= 0.3 is 0 Å². The van der Waals surface area contributed by atoms with Crippen molar-refractivity contribution in [2.24, 2.45) is 5.92 Å². The molecule has 3 aliphatic rings. The first-order valence-corrected chi connectivity index (χ1v) is 9.11. The van der Waals surface area contributed by atoms with Gasteiger partial charge < -0.3 is 15.5 Å². The first-order chi connectivity index (χ1) is 11.3. The van der Waals surface area contributed by atoms with Crippen LogP contribution in [0.1, 0.15) is 38.5 Å². The number of para-hydroxylation sites is 1. The zero-order chi connectivity index (χ0) is 15.6. The van der Waals surface area contributed by atoms with Gasteiger partial charge in [-0.1, -0.05) is 18.2 Å². The number of anilines is 1. The van der Waals surface area contributed by atoms with Crippen LogP contribution < -0.4 is 15.5 Å². The third-order valence-corrected chi connectivity index (χ3v) is 5.72. The summed E-state index contributed by atoms with van der Waals surface area (Å²) >= 11 is 0. The van der Waals surface area contributed by atoms with Gasteiger partial charge in [0.1, 0.15) is 0 Å². The minimum absolute atomic E-state index is 0.260. The number of fused-ring (bicyclic) bond motifs is 2. The average Bonchev–Trinajstić information content (AvgIpc) is 3.15. The summed E-state index contributed by atoms with van der Waals surface area (Å²) in [5.74, 6) is 0.844. The molecule has 3 unspecified atom stereocenters. The highest BCUT2D eigenvalue weighted by molar-refractivity contribution is 5.76. The molecule has 124 valence electrons. The van der Waals surface area contributed by atoms with Gasteiger partial charge in [-0.15, -0.1) is 0 Å². The fourth-order valence-corrected chi connectivity index (χ4v) is 4.64. The van der Waals surface area contributed by atoms with E-state index in [1.165, 1.54) is 31.4 Å². The molecule has 2 N–H and O–H groups in total. The zero-order valence-corrected chi connectivity index (χ0v) is 13.7. The van der Waals surface area contributed by atoms with Gasteiger partial charge in [0.25, 0.3) is 0 Å². The summed E-state index contributed by atoms with van der Waals surface area (Å²) in [6, 6.07) is 12.1. The number of hydrogen-bond donors (Lipinski definition) is 2. The highest BCUT2D eigenvalue weighted by Gasteiger charge is 2.34. The fraction of sp³-hybridized carbons (Fsp3) is 0.632. The van der Waals surface area contributed by atoms with Gasteiger partial charge in [0, 0.05) is 43.3 Å². The van der Waals surface area contributed by atoms with Crippen molar-refractivity contribution in [3.8, 4) is 0 Å². The van der Waals surface area contributed by atoms with Crippen LogP contribution in [0.5, 0.6) is 0 Å². The van der Waals surface area contributed by atoms with E-state index in [0.717, 1.165) is 25.9 Å². The molecule has 4 nitrogen and oxygen atoms in total. The first-order valence-electron chi connectivity index (χ1n) is 9.11. The molecule has 23 heavy (non-hydrogen) atoms. The minimum Gasteiger partial charge on any atom is -0.369 e. The van der Waals surface area contributed by atoms with E-state index < -0.39 is 0 Å². The summed E-state index contributed by atoms with van der Waals surface area (Å²) in [5.41, 5.74) is 1.26. The van der Waals surface area contributed by atoms with Crippen molar-refractivity contribution in [1.29, 1.82) is 0 Å².